The Balaban J connectivity index is 2.12. The number of hydrogen-bond acceptors (Lipinski definition) is 4. The summed E-state index contributed by atoms with van der Waals surface area (Å²) in [5, 5.41) is 5.01. The van der Waals surface area contributed by atoms with Gasteiger partial charge in [0.2, 0.25) is 0 Å². The summed E-state index contributed by atoms with van der Waals surface area (Å²) in [5.74, 6) is -1.08. The molecular formula is C15H19F2N3S. The van der Waals surface area contributed by atoms with E-state index in [4.69, 9.17) is 0 Å². The van der Waals surface area contributed by atoms with Gasteiger partial charge in [-0.15, -0.1) is 11.3 Å². The number of rotatable bonds is 7. The molecule has 0 unspecified atom stereocenters. The van der Waals surface area contributed by atoms with Gasteiger partial charge in [-0.2, -0.15) is 0 Å². The van der Waals surface area contributed by atoms with Crippen LogP contribution >= 0.6 is 11.3 Å². The third-order valence-electron chi connectivity index (χ3n) is 3.10. The Morgan fingerprint density at radius 3 is 2.57 bits per heavy atom. The van der Waals surface area contributed by atoms with Gasteiger partial charge in [0.25, 0.3) is 0 Å². The summed E-state index contributed by atoms with van der Waals surface area (Å²) in [6, 6.07) is 2.78. The van der Waals surface area contributed by atoms with Crippen molar-refractivity contribution in [1.82, 2.24) is 10.3 Å². The Hall–Kier alpha value is -1.53. The van der Waals surface area contributed by atoms with E-state index in [0.717, 1.165) is 18.7 Å². The van der Waals surface area contributed by atoms with Gasteiger partial charge in [0.05, 0.1) is 17.7 Å². The largest absolute Gasteiger partial charge is 0.364 e. The summed E-state index contributed by atoms with van der Waals surface area (Å²) in [7, 11) is 1.66. The number of benzene rings is 1. The molecule has 1 aromatic carbocycles. The van der Waals surface area contributed by atoms with Crippen LogP contribution in [0.1, 0.15) is 24.6 Å². The van der Waals surface area contributed by atoms with Gasteiger partial charge in [0.1, 0.15) is 17.3 Å². The maximum absolute atomic E-state index is 14.2. The highest BCUT2D eigenvalue weighted by Gasteiger charge is 2.16. The highest BCUT2D eigenvalue weighted by Crippen LogP contribution is 2.25. The highest BCUT2D eigenvalue weighted by molar-refractivity contribution is 7.07. The predicted molar refractivity (Wildman–Crippen MR) is 82.6 cm³/mol. The van der Waals surface area contributed by atoms with E-state index in [-0.39, 0.29) is 5.69 Å². The molecule has 0 radical (unpaired) electrons. The predicted octanol–water partition coefficient (Wildman–Crippen LogP) is 3.56. The van der Waals surface area contributed by atoms with E-state index >= 15 is 0 Å². The lowest BCUT2D eigenvalue weighted by atomic mass is 10.1. The average molecular weight is 311 g/mol. The van der Waals surface area contributed by atoms with Crippen molar-refractivity contribution >= 4 is 17.0 Å². The Bertz CT molecular complexity index is 549. The standard InChI is InChI=1S/C15H19F2N3S/c1-3-4-18-7-11-5-13(16)15(14(17)6-11)20(2)8-12-9-21-10-19-12/h5-6,9-10,18H,3-4,7-8H2,1-2H3. The SMILES string of the molecule is CCCNCc1cc(F)c(N(C)Cc2cscn2)c(F)c1. The molecule has 0 bridgehead atoms. The van der Waals surface area contributed by atoms with Crippen molar-refractivity contribution in [2.75, 3.05) is 18.5 Å². The average Bonchev–Trinajstić information content (AvgIpc) is 2.91. The van der Waals surface area contributed by atoms with Crippen LogP contribution in [0.4, 0.5) is 14.5 Å². The van der Waals surface area contributed by atoms with Gasteiger partial charge >= 0.3 is 0 Å². The Kier molecular flexibility index (Phi) is 5.64. The molecule has 3 nitrogen and oxygen atoms in total. The highest BCUT2D eigenvalue weighted by atomic mass is 32.1. The topological polar surface area (TPSA) is 28.2 Å². The van der Waals surface area contributed by atoms with E-state index in [9.17, 15) is 8.78 Å². The Morgan fingerprint density at radius 1 is 1.29 bits per heavy atom. The molecule has 0 fully saturated rings. The third-order valence-corrected chi connectivity index (χ3v) is 3.73. The summed E-state index contributed by atoms with van der Waals surface area (Å²) in [6.07, 6.45) is 0.986. The second kappa shape index (κ2) is 7.47. The fraction of sp³-hybridized carbons (Fsp3) is 0.400. The molecule has 0 saturated carbocycles. The van der Waals surface area contributed by atoms with E-state index in [0.29, 0.717) is 18.7 Å². The number of hydrogen-bond donors (Lipinski definition) is 1. The van der Waals surface area contributed by atoms with Crippen molar-refractivity contribution in [2.45, 2.75) is 26.4 Å². The van der Waals surface area contributed by atoms with Gasteiger partial charge in [-0.1, -0.05) is 6.92 Å². The van der Waals surface area contributed by atoms with Crippen molar-refractivity contribution in [1.29, 1.82) is 0 Å². The van der Waals surface area contributed by atoms with Crippen molar-refractivity contribution < 1.29 is 8.78 Å². The molecule has 1 heterocycles. The molecule has 0 atom stereocenters. The van der Waals surface area contributed by atoms with Gasteiger partial charge in [0.15, 0.2) is 0 Å². The summed E-state index contributed by atoms with van der Waals surface area (Å²) in [4.78, 5) is 5.68. The fourth-order valence-electron chi connectivity index (χ4n) is 2.13. The van der Waals surface area contributed by atoms with E-state index in [1.54, 1.807) is 17.5 Å². The molecular weight excluding hydrogens is 292 g/mol. The third kappa shape index (κ3) is 4.22. The normalized spacial score (nSPS) is 10.9. The molecule has 1 aromatic heterocycles. The van der Waals surface area contributed by atoms with Gasteiger partial charge in [-0.05, 0) is 30.7 Å². The van der Waals surface area contributed by atoms with Gasteiger partial charge < -0.3 is 10.2 Å². The van der Waals surface area contributed by atoms with Crippen LogP contribution in [0.3, 0.4) is 0 Å². The molecule has 2 rings (SSSR count). The summed E-state index contributed by atoms with van der Waals surface area (Å²) in [5.41, 5.74) is 3.11. The molecule has 0 aliphatic rings. The van der Waals surface area contributed by atoms with Crippen LogP contribution in [0.2, 0.25) is 0 Å². The first-order chi connectivity index (χ1) is 10.1. The molecule has 0 aliphatic carbocycles. The Labute approximate surface area is 127 Å². The van der Waals surface area contributed by atoms with E-state index < -0.39 is 11.6 Å². The van der Waals surface area contributed by atoms with Crippen LogP contribution in [-0.4, -0.2) is 18.6 Å². The minimum Gasteiger partial charge on any atom is -0.364 e. The number of aromatic nitrogens is 1. The maximum atomic E-state index is 14.2. The molecule has 6 heteroatoms. The van der Waals surface area contributed by atoms with Crippen molar-refractivity contribution in [2.24, 2.45) is 0 Å². The van der Waals surface area contributed by atoms with E-state index in [2.05, 4.69) is 10.3 Å². The lowest BCUT2D eigenvalue weighted by Gasteiger charge is -2.20. The first-order valence-corrected chi connectivity index (χ1v) is 7.83. The minimum atomic E-state index is -0.541. The fourth-order valence-corrected chi connectivity index (χ4v) is 2.68. The van der Waals surface area contributed by atoms with Crippen LogP contribution in [0, 0.1) is 11.6 Å². The number of thiazole rings is 1. The van der Waals surface area contributed by atoms with Crippen LogP contribution < -0.4 is 10.2 Å². The van der Waals surface area contributed by atoms with Crippen molar-refractivity contribution in [3.8, 4) is 0 Å². The molecule has 1 N–H and O–H groups in total. The first kappa shape index (κ1) is 15.9. The number of halogens is 2. The van der Waals surface area contributed by atoms with Crippen LogP contribution in [0.25, 0.3) is 0 Å². The molecule has 0 saturated heterocycles. The van der Waals surface area contributed by atoms with Crippen molar-refractivity contribution in [3.63, 3.8) is 0 Å². The Morgan fingerprint density at radius 2 is 2.00 bits per heavy atom. The molecule has 114 valence electrons. The molecule has 0 spiro atoms. The zero-order valence-corrected chi connectivity index (χ0v) is 13.0. The molecule has 21 heavy (non-hydrogen) atoms. The molecule has 2 aromatic rings. The molecule has 0 aliphatic heterocycles. The van der Waals surface area contributed by atoms with E-state index in [1.165, 1.54) is 23.5 Å². The zero-order valence-electron chi connectivity index (χ0n) is 12.2. The zero-order chi connectivity index (χ0) is 15.2. The van der Waals surface area contributed by atoms with Crippen molar-refractivity contribution in [3.05, 3.63) is 45.9 Å². The monoisotopic (exact) mass is 311 g/mol. The minimum absolute atomic E-state index is 0.0118. The first-order valence-electron chi connectivity index (χ1n) is 6.88. The smallest absolute Gasteiger partial charge is 0.149 e. The lowest BCUT2D eigenvalue weighted by Crippen LogP contribution is -2.20. The van der Waals surface area contributed by atoms with Gasteiger partial charge in [-0.25, -0.2) is 13.8 Å². The summed E-state index contributed by atoms with van der Waals surface area (Å²) >= 11 is 1.47. The number of anilines is 1. The lowest BCUT2D eigenvalue weighted by molar-refractivity contribution is 0.568. The van der Waals surface area contributed by atoms with Crippen LogP contribution in [0.5, 0.6) is 0 Å². The second-order valence-corrected chi connectivity index (χ2v) is 5.64. The van der Waals surface area contributed by atoms with Crippen LogP contribution in [0.15, 0.2) is 23.0 Å². The van der Waals surface area contributed by atoms with Gasteiger partial charge in [-0.3, -0.25) is 0 Å². The second-order valence-electron chi connectivity index (χ2n) is 4.92. The molecule has 0 amide bonds. The quantitative estimate of drug-likeness (QED) is 0.793. The van der Waals surface area contributed by atoms with E-state index in [1.807, 2.05) is 12.3 Å². The van der Waals surface area contributed by atoms with Gasteiger partial charge in [0, 0.05) is 19.0 Å². The maximum Gasteiger partial charge on any atom is 0.149 e. The number of nitrogens with zero attached hydrogens (tertiary/aromatic N) is 2. The number of nitrogens with one attached hydrogen (secondary N) is 1. The van der Waals surface area contributed by atoms with Crippen LogP contribution in [-0.2, 0) is 13.1 Å². The summed E-state index contributed by atoms with van der Waals surface area (Å²) < 4.78 is 28.3. The summed E-state index contributed by atoms with van der Waals surface area (Å²) in [6.45, 7) is 3.72.